The van der Waals surface area contributed by atoms with Gasteiger partial charge in [0, 0.05) is 11.4 Å². The molecule has 0 saturated carbocycles. The number of alkyl halides is 1. The molecule has 0 aromatic carbocycles. The minimum absolute atomic E-state index is 0.109. The van der Waals surface area contributed by atoms with Crippen LogP contribution in [0.15, 0.2) is 5.38 Å². The zero-order valence-electron chi connectivity index (χ0n) is 10.3. The van der Waals surface area contributed by atoms with Crippen molar-refractivity contribution in [1.29, 1.82) is 0 Å². The minimum atomic E-state index is -0.264. The molecule has 0 spiro atoms. The van der Waals surface area contributed by atoms with E-state index in [1.54, 1.807) is 0 Å². The largest absolute Gasteiger partial charge is 0.346 e. The molecule has 1 rings (SSSR count). The van der Waals surface area contributed by atoms with Gasteiger partial charge in [-0.15, -0.1) is 22.9 Å². The van der Waals surface area contributed by atoms with Gasteiger partial charge < -0.3 is 5.32 Å². The van der Waals surface area contributed by atoms with E-state index in [9.17, 15) is 4.79 Å². The topological polar surface area (TPSA) is 29.1 Å². The van der Waals surface area contributed by atoms with Crippen molar-refractivity contribution in [2.45, 2.75) is 39.2 Å². The molecule has 96 valence electrons. The van der Waals surface area contributed by atoms with Crippen molar-refractivity contribution in [3.8, 4) is 0 Å². The molecule has 17 heavy (non-hydrogen) atoms. The number of nitrogens with one attached hydrogen (secondary N) is 1. The Morgan fingerprint density at radius 1 is 1.59 bits per heavy atom. The lowest BCUT2D eigenvalue weighted by molar-refractivity contribution is 0.0906. The number of carbonyl (C=O) groups excluding carboxylic acids is 1. The van der Waals surface area contributed by atoms with Crippen LogP contribution in [-0.4, -0.2) is 17.3 Å². The number of hydrogen-bond acceptors (Lipinski definition) is 2. The Kier molecular flexibility index (Phi) is 5.29. The second-order valence-electron chi connectivity index (χ2n) is 4.37. The van der Waals surface area contributed by atoms with E-state index in [1.165, 1.54) is 11.3 Å². The summed E-state index contributed by atoms with van der Waals surface area (Å²) in [6.07, 6.45) is 1.59. The van der Waals surface area contributed by atoms with Gasteiger partial charge in [-0.1, -0.05) is 18.5 Å². The van der Waals surface area contributed by atoms with Crippen LogP contribution in [-0.2, 0) is 0 Å². The highest BCUT2D eigenvalue weighted by Gasteiger charge is 2.26. The molecule has 1 unspecified atom stereocenters. The normalized spacial score (nSPS) is 14.4. The van der Waals surface area contributed by atoms with Crippen LogP contribution in [0, 0.1) is 6.92 Å². The lowest BCUT2D eigenvalue weighted by Gasteiger charge is -2.28. The van der Waals surface area contributed by atoms with Crippen LogP contribution < -0.4 is 5.32 Å². The van der Waals surface area contributed by atoms with Crippen molar-refractivity contribution in [1.82, 2.24) is 5.32 Å². The fourth-order valence-corrected chi connectivity index (χ4v) is 3.04. The SMILES string of the molecule is CCC(C)(CCCl)NC(=O)c1scc(C)c1Cl. The molecular weight excluding hydrogens is 277 g/mol. The predicted molar refractivity (Wildman–Crippen MR) is 75.6 cm³/mol. The highest BCUT2D eigenvalue weighted by atomic mass is 35.5. The average molecular weight is 294 g/mol. The van der Waals surface area contributed by atoms with Crippen LogP contribution in [0.2, 0.25) is 5.02 Å². The van der Waals surface area contributed by atoms with E-state index < -0.39 is 0 Å². The number of halogens is 2. The number of hydrogen-bond donors (Lipinski definition) is 1. The van der Waals surface area contributed by atoms with Crippen LogP contribution in [0.1, 0.15) is 41.9 Å². The van der Waals surface area contributed by atoms with E-state index in [1.807, 2.05) is 26.2 Å². The van der Waals surface area contributed by atoms with E-state index in [0.717, 1.165) is 18.4 Å². The Morgan fingerprint density at radius 3 is 2.65 bits per heavy atom. The molecule has 0 aliphatic heterocycles. The number of aryl methyl sites for hydroxylation is 1. The molecule has 0 fully saturated rings. The van der Waals surface area contributed by atoms with Crippen LogP contribution in [0.25, 0.3) is 0 Å². The van der Waals surface area contributed by atoms with Crippen LogP contribution in [0.5, 0.6) is 0 Å². The first-order valence-corrected chi connectivity index (χ1v) is 7.35. The van der Waals surface area contributed by atoms with Crippen molar-refractivity contribution < 1.29 is 4.79 Å². The third-order valence-electron chi connectivity index (χ3n) is 2.95. The Morgan fingerprint density at radius 2 is 2.24 bits per heavy atom. The smallest absolute Gasteiger partial charge is 0.263 e. The maximum absolute atomic E-state index is 12.1. The summed E-state index contributed by atoms with van der Waals surface area (Å²) >= 11 is 13.2. The van der Waals surface area contributed by atoms with Gasteiger partial charge in [-0.05, 0) is 37.6 Å². The fourth-order valence-electron chi connectivity index (χ4n) is 1.45. The summed E-state index contributed by atoms with van der Waals surface area (Å²) in [7, 11) is 0. The summed E-state index contributed by atoms with van der Waals surface area (Å²) in [5.41, 5.74) is 0.678. The summed E-state index contributed by atoms with van der Waals surface area (Å²) in [5, 5.41) is 5.46. The summed E-state index contributed by atoms with van der Waals surface area (Å²) in [4.78, 5) is 12.7. The first kappa shape index (κ1) is 14.8. The Bertz CT molecular complexity index is 405. The monoisotopic (exact) mass is 293 g/mol. The van der Waals surface area contributed by atoms with Crippen molar-refractivity contribution in [2.75, 3.05) is 5.88 Å². The summed E-state index contributed by atoms with van der Waals surface area (Å²) in [6.45, 7) is 5.93. The predicted octanol–water partition coefficient (Wildman–Crippen LogP) is 4.24. The molecule has 0 aliphatic rings. The summed E-state index contributed by atoms with van der Waals surface area (Å²) < 4.78 is 0. The van der Waals surface area contributed by atoms with E-state index >= 15 is 0 Å². The standard InChI is InChI=1S/C12H17Cl2NOS/c1-4-12(3,5-6-13)15-11(16)10-9(14)8(2)7-17-10/h7H,4-6H2,1-3H3,(H,15,16). The van der Waals surface area contributed by atoms with Crippen LogP contribution in [0.3, 0.4) is 0 Å². The third-order valence-corrected chi connectivity index (χ3v) is 4.83. The second-order valence-corrected chi connectivity index (χ2v) is 6.00. The number of thiophene rings is 1. The van der Waals surface area contributed by atoms with E-state index in [0.29, 0.717) is 15.8 Å². The molecule has 0 radical (unpaired) electrons. The number of amides is 1. The molecule has 1 amide bonds. The van der Waals surface area contributed by atoms with Gasteiger partial charge in [-0.3, -0.25) is 4.79 Å². The molecule has 2 nitrogen and oxygen atoms in total. The quantitative estimate of drug-likeness (QED) is 0.809. The molecule has 1 heterocycles. The van der Waals surface area contributed by atoms with Gasteiger partial charge in [0.15, 0.2) is 0 Å². The lowest BCUT2D eigenvalue weighted by atomic mass is 9.95. The van der Waals surface area contributed by atoms with Crippen molar-refractivity contribution in [3.63, 3.8) is 0 Å². The second kappa shape index (κ2) is 6.07. The molecular formula is C12H17Cl2NOS. The zero-order chi connectivity index (χ0) is 13.1. The lowest BCUT2D eigenvalue weighted by Crippen LogP contribution is -2.45. The van der Waals surface area contributed by atoms with Gasteiger partial charge >= 0.3 is 0 Å². The number of carbonyl (C=O) groups is 1. The molecule has 0 bridgehead atoms. The maximum atomic E-state index is 12.1. The summed E-state index contributed by atoms with van der Waals surface area (Å²) in [6, 6.07) is 0. The van der Waals surface area contributed by atoms with Gasteiger partial charge in [-0.25, -0.2) is 0 Å². The average Bonchev–Trinajstić information content (AvgIpc) is 2.60. The van der Waals surface area contributed by atoms with Crippen molar-refractivity contribution in [3.05, 3.63) is 20.8 Å². The first-order chi connectivity index (χ1) is 7.93. The third kappa shape index (κ3) is 3.60. The fraction of sp³-hybridized carbons (Fsp3) is 0.583. The van der Waals surface area contributed by atoms with Crippen LogP contribution in [0.4, 0.5) is 0 Å². The maximum Gasteiger partial charge on any atom is 0.263 e. The van der Waals surface area contributed by atoms with Gasteiger partial charge in [0.2, 0.25) is 0 Å². The molecule has 0 saturated heterocycles. The minimum Gasteiger partial charge on any atom is -0.346 e. The van der Waals surface area contributed by atoms with Gasteiger partial charge in [-0.2, -0.15) is 0 Å². The summed E-state index contributed by atoms with van der Waals surface area (Å²) in [5.74, 6) is 0.421. The van der Waals surface area contributed by atoms with E-state index in [4.69, 9.17) is 23.2 Å². The Labute approximate surface area is 116 Å². The highest BCUT2D eigenvalue weighted by Crippen LogP contribution is 2.28. The highest BCUT2D eigenvalue weighted by molar-refractivity contribution is 7.13. The first-order valence-electron chi connectivity index (χ1n) is 5.55. The van der Waals surface area contributed by atoms with Crippen LogP contribution >= 0.6 is 34.5 Å². The number of rotatable bonds is 5. The molecule has 1 atom stereocenters. The Hall–Kier alpha value is -0.250. The molecule has 1 N–H and O–H groups in total. The van der Waals surface area contributed by atoms with Gasteiger partial charge in [0.1, 0.15) is 4.88 Å². The van der Waals surface area contributed by atoms with E-state index in [2.05, 4.69) is 5.32 Å². The molecule has 1 aromatic rings. The van der Waals surface area contributed by atoms with E-state index in [-0.39, 0.29) is 11.4 Å². The molecule has 0 aliphatic carbocycles. The van der Waals surface area contributed by atoms with Crippen molar-refractivity contribution >= 4 is 40.4 Å². The molecule has 5 heteroatoms. The zero-order valence-corrected chi connectivity index (χ0v) is 12.6. The van der Waals surface area contributed by atoms with Gasteiger partial charge in [0.25, 0.3) is 5.91 Å². The van der Waals surface area contributed by atoms with Crippen molar-refractivity contribution in [2.24, 2.45) is 0 Å². The molecule has 1 aromatic heterocycles. The Balaban J connectivity index is 2.81. The van der Waals surface area contributed by atoms with Gasteiger partial charge in [0.05, 0.1) is 5.02 Å².